The second kappa shape index (κ2) is 7.82. The van der Waals surface area contributed by atoms with Crippen molar-refractivity contribution in [2.75, 3.05) is 13.7 Å². The molecule has 0 saturated carbocycles. The van der Waals surface area contributed by atoms with Gasteiger partial charge in [0.25, 0.3) is 5.91 Å². The van der Waals surface area contributed by atoms with Crippen LogP contribution in [0.15, 0.2) is 54.7 Å². The normalized spacial score (nSPS) is 11.0. The molecule has 0 aliphatic carbocycles. The lowest BCUT2D eigenvalue weighted by Gasteiger charge is -2.15. The van der Waals surface area contributed by atoms with E-state index in [0.29, 0.717) is 6.54 Å². The fourth-order valence-electron chi connectivity index (χ4n) is 3.02. The van der Waals surface area contributed by atoms with E-state index in [1.807, 2.05) is 48.5 Å². The number of carbonyl (C=O) groups excluding carboxylic acids is 2. The van der Waals surface area contributed by atoms with Gasteiger partial charge in [-0.25, -0.2) is 4.98 Å². The minimum atomic E-state index is -0.425. The Kier molecular flexibility index (Phi) is 5.08. The van der Waals surface area contributed by atoms with Gasteiger partial charge >= 0.3 is 5.97 Å². The molecule has 6 nitrogen and oxygen atoms in total. The van der Waals surface area contributed by atoms with Crippen molar-refractivity contribution in [3.63, 3.8) is 0 Å². The Hall–Kier alpha value is -3.19. The first-order valence-electron chi connectivity index (χ1n) is 8.89. The largest absolute Gasteiger partial charge is 0.455 e. The maximum Gasteiger partial charge on any atom is 0.310 e. The van der Waals surface area contributed by atoms with Crippen LogP contribution in [0.1, 0.15) is 10.6 Å². The van der Waals surface area contributed by atoms with Crippen LogP contribution in [0.4, 0.5) is 0 Å². The fourth-order valence-corrected chi connectivity index (χ4v) is 4.04. The van der Waals surface area contributed by atoms with Gasteiger partial charge in [0.1, 0.15) is 5.01 Å². The number of esters is 1. The molecule has 0 saturated heterocycles. The molecule has 0 atom stereocenters. The van der Waals surface area contributed by atoms with Gasteiger partial charge in [0.05, 0.1) is 23.2 Å². The Labute approximate surface area is 165 Å². The lowest BCUT2D eigenvalue weighted by molar-refractivity contribution is -0.151. The molecular weight excluding hydrogens is 374 g/mol. The zero-order valence-corrected chi connectivity index (χ0v) is 16.2. The Morgan fingerprint density at radius 2 is 1.93 bits per heavy atom. The van der Waals surface area contributed by atoms with Crippen molar-refractivity contribution in [1.29, 1.82) is 0 Å². The zero-order valence-electron chi connectivity index (χ0n) is 15.3. The van der Waals surface area contributed by atoms with Gasteiger partial charge in [0, 0.05) is 24.1 Å². The van der Waals surface area contributed by atoms with Crippen molar-refractivity contribution >= 4 is 44.3 Å². The molecule has 28 heavy (non-hydrogen) atoms. The molecule has 0 spiro atoms. The number of rotatable bonds is 6. The highest BCUT2D eigenvalue weighted by molar-refractivity contribution is 7.18. The number of H-pyrrole nitrogens is 1. The summed E-state index contributed by atoms with van der Waals surface area (Å²) in [5, 5.41) is 1.83. The molecular formula is C21H19N3O3S. The number of thiazole rings is 1. The molecule has 2 aromatic carbocycles. The number of ether oxygens (including phenoxy) is 1. The van der Waals surface area contributed by atoms with Crippen molar-refractivity contribution < 1.29 is 14.3 Å². The number of likely N-dealkylation sites (N-methyl/N-ethyl adjacent to an activating group) is 1. The lowest BCUT2D eigenvalue weighted by Crippen LogP contribution is -2.31. The summed E-state index contributed by atoms with van der Waals surface area (Å²) in [6.45, 7) is 0.112. The van der Waals surface area contributed by atoms with Gasteiger partial charge in [-0.1, -0.05) is 30.3 Å². The van der Waals surface area contributed by atoms with Gasteiger partial charge in [0.15, 0.2) is 6.61 Å². The van der Waals surface area contributed by atoms with E-state index in [9.17, 15) is 9.59 Å². The van der Waals surface area contributed by atoms with Crippen LogP contribution in [0.25, 0.3) is 21.1 Å². The molecule has 4 rings (SSSR count). The molecule has 0 aliphatic rings. The van der Waals surface area contributed by atoms with E-state index in [0.717, 1.165) is 31.7 Å². The van der Waals surface area contributed by atoms with Crippen LogP contribution in [0, 0.1) is 0 Å². The number of aromatic nitrogens is 2. The summed E-state index contributed by atoms with van der Waals surface area (Å²) >= 11 is 1.56. The SMILES string of the molecule is CN(Cc1nc2ccccc2s1)C(=O)COC(=O)Cc1c[nH]c2ccccc12. The Bertz CT molecular complexity index is 1110. The number of hydrogen-bond donors (Lipinski definition) is 1. The van der Waals surface area contributed by atoms with Crippen molar-refractivity contribution in [2.45, 2.75) is 13.0 Å². The minimum Gasteiger partial charge on any atom is -0.455 e. The first-order valence-corrected chi connectivity index (χ1v) is 9.71. The van der Waals surface area contributed by atoms with Gasteiger partial charge in [-0.2, -0.15) is 0 Å². The van der Waals surface area contributed by atoms with E-state index in [4.69, 9.17) is 4.74 Å². The molecule has 7 heteroatoms. The van der Waals surface area contributed by atoms with Gasteiger partial charge < -0.3 is 14.6 Å². The smallest absolute Gasteiger partial charge is 0.310 e. The highest BCUT2D eigenvalue weighted by atomic mass is 32.1. The molecule has 0 fully saturated rings. The third-order valence-corrected chi connectivity index (χ3v) is 5.52. The number of fused-ring (bicyclic) bond motifs is 2. The molecule has 142 valence electrons. The lowest BCUT2D eigenvalue weighted by atomic mass is 10.1. The summed E-state index contributed by atoms with van der Waals surface area (Å²) < 4.78 is 6.27. The molecule has 4 aromatic rings. The number of aromatic amines is 1. The number of nitrogens with one attached hydrogen (secondary N) is 1. The van der Waals surface area contributed by atoms with E-state index in [1.165, 1.54) is 4.90 Å². The highest BCUT2D eigenvalue weighted by Crippen LogP contribution is 2.22. The summed E-state index contributed by atoms with van der Waals surface area (Å²) in [6, 6.07) is 15.6. The highest BCUT2D eigenvalue weighted by Gasteiger charge is 2.16. The van der Waals surface area contributed by atoms with E-state index in [1.54, 1.807) is 24.6 Å². The molecule has 1 amide bonds. The van der Waals surface area contributed by atoms with Crippen molar-refractivity contribution in [2.24, 2.45) is 0 Å². The summed E-state index contributed by atoms with van der Waals surface area (Å²) in [5.74, 6) is -0.682. The molecule has 2 aromatic heterocycles. The molecule has 0 radical (unpaired) electrons. The number of nitrogens with zero attached hydrogens (tertiary/aromatic N) is 2. The quantitative estimate of drug-likeness (QED) is 0.509. The zero-order chi connectivity index (χ0) is 19.5. The van der Waals surface area contributed by atoms with Crippen LogP contribution >= 0.6 is 11.3 Å². The Morgan fingerprint density at radius 1 is 1.14 bits per heavy atom. The molecule has 0 aliphatic heterocycles. The van der Waals surface area contributed by atoms with Crippen LogP contribution in [-0.4, -0.2) is 40.4 Å². The van der Waals surface area contributed by atoms with E-state index >= 15 is 0 Å². The topological polar surface area (TPSA) is 75.3 Å². The third-order valence-electron chi connectivity index (χ3n) is 4.50. The van der Waals surface area contributed by atoms with Crippen LogP contribution in [-0.2, 0) is 27.3 Å². The number of benzene rings is 2. The molecule has 0 bridgehead atoms. The molecule has 0 unspecified atom stereocenters. The maximum absolute atomic E-state index is 12.3. The van der Waals surface area contributed by atoms with Crippen LogP contribution in [0.2, 0.25) is 0 Å². The summed E-state index contributed by atoms with van der Waals surface area (Å²) in [7, 11) is 1.68. The second-order valence-electron chi connectivity index (χ2n) is 6.52. The van der Waals surface area contributed by atoms with Gasteiger partial charge in [-0.05, 0) is 23.8 Å². The molecule has 1 N–H and O–H groups in total. The average molecular weight is 393 g/mol. The van der Waals surface area contributed by atoms with Gasteiger partial charge in [-0.15, -0.1) is 11.3 Å². The van der Waals surface area contributed by atoms with E-state index in [-0.39, 0.29) is 18.9 Å². The van der Waals surface area contributed by atoms with E-state index < -0.39 is 5.97 Å². The standard InChI is InChI=1S/C21H19N3O3S/c1-24(12-19-23-17-8-4-5-9-18(17)28-19)20(25)13-27-21(26)10-14-11-22-16-7-3-2-6-15(14)16/h2-9,11,22H,10,12-13H2,1H3. The summed E-state index contributed by atoms with van der Waals surface area (Å²) in [6.07, 6.45) is 1.92. The molecule has 2 heterocycles. The monoisotopic (exact) mass is 393 g/mol. The maximum atomic E-state index is 12.3. The number of amides is 1. The average Bonchev–Trinajstić information content (AvgIpc) is 3.29. The summed E-state index contributed by atoms with van der Waals surface area (Å²) in [4.78, 5) is 33.6. The minimum absolute atomic E-state index is 0.124. The summed E-state index contributed by atoms with van der Waals surface area (Å²) in [5.41, 5.74) is 2.75. The number of para-hydroxylation sites is 2. The first kappa shape index (κ1) is 18.2. The van der Waals surface area contributed by atoms with Crippen molar-refractivity contribution in [3.05, 3.63) is 65.3 Å². The first-order chi connectivity index (χ1) is 13.6. The van der Waals surface area contributed by atoms with Crippen LogP contribution in [0.3, 0.4) is 0 Å². The van der Waals surface area contributed by atoms with E-state index in [2.05, 4.69) is 9.97 Å². The predicted molar refractivity (Wildman–Crippen MR) is 109 cm³/mol. The van der Waals surface area contributed by atoms with Crippen LogP contribution < -0.4 is 0 Å². The second-order valence-corrected chi connectivity index (χ2v) is 7.64. The Balaban J connectivity index is 1.31. The Morgan fingerprint density at radius 3 is 2.79 bits per heavy atom. The van der Waals surface area contributed by atoms with Gasteiger partial charge in [-0.3, -0.25) is 9.59 Å². The van der Waals surface area contributed by atoms with Gasteiger partial charge in [0.2, 0.25) is 0 Å². The van der Waals surface area contributed by atoms with Crippen molar-refractivity contribution in [3.8, 4) is 0 Å². The van der Waals surface area contributed by atoms with Crippen LogP contribution in [0.5, 0.6) is 0 Å². The predicted octanol–water partition coefficient (Wildman–Crippen LogP) is 3.52. The number of hydrogen-bond acceptors (Lipinski definition) is 5. The van der Waals surface area contributed by atoms with Crippen molar-refractivity contribution in [1.82, 2.24) is 14.9 Å². The fraction of sp³-hybridized carbons (Fsp3) is 0.190. The third kappa shape index (κ3) is 3.89. The number of carbonyl (C=O) groups is 2.